The number of aliphatic imine (C=N–C) groups is 2. The summed E-state index contributed by atoms with van der Waals surface area (Å²) in [7, 11) is 0. The number of quaternary nitrogens is 1. The van der Waals surface area contributed by atoms with E-state index in [2.05, 4.69) is 35.5 Å². The number of allylic oxidation sites excluding steroid dienone is 2. The van der Waals surface area contributed by atoms with Gasteiger partial charge >= 0.3 is 0 Å². The highest BCUT2D eigenvalue weighted by Gasteiger charge is 2.37. The third kappa shape index (κ3) is 4.70. The molecule has 2 N–H and O–H groups in total. The zero-order chi connectivity index (χ0) is 21.0. The number of rotatable bonds is 6. The van der Waals surface area contributed by atoms with Crippen LogP contribution in [0.5, 0.6) is 5.75 Å². The van der Waals surface area contributed by atoms with Crippen LogP contribution in [-0.4, -0.2) is 23.8 Å². The lowest BCUT2D eigenvalue weighted by molar-refractivity contribution is -0.689. The van der Waals surface area contributed by atoms with Gasteiger partial charge in [0.05, 0.1) is 18.0 Å². The van der Waals surface area contributed by atoms with Gasteiger partial charge in [-0.1, -0.05) is 36.4 Å². The first-order valence-electron chi connectivity index (χ1n) is 11.1. The summed E-state index contributed by atoms with van der Waals surface area (Å²) in [4.78, 5) is 10.7. The van der Waals surface area contributed by atoms with Crippen LogP contribution in [0.2, 0.25) is 0 Å². The van der Waals surface area contributed by atoms with Gasteiger partial charge in [-0.25, -0.2) is 4.90 Å². The molecule has 1 aliphatic carbocycles. The summed E-state index contributed by atoms with van der Waals surface area (Å²) in [6.07, 6.45) is 10.1. The highest BCUT2D eigenvalue weighted by molar-refractivity contribution is 5.98. The molecule has 6 heteroatoms. The SMILES string of the molecule is OCC1CCC(C2=C3C=NC=C[NH+]3C(c3cccc(OCc4ccccc4)c3)=N2)CC1.[Cl-]. The Balaban J connectivity index is 0.00000245. The third-order valence-electron chi connectivity index (χ3n) is 6.43. The zero-order valence-corrected chi connectivity index (χ0v) is 18.7. The summed E-state index contributed by atoms with van der Waals surface area (Å²) in [6.45, 7) is 0.841. The molecule has 2 heterocycles. The van der Waals surface area contributed by atoms with Gasteiger partial charge in [0.25, 0.3) is 0 Å². The van der Waals surface area contributed by atoms with Crippen LogP contribution in [0.3, 0.4) is 0 Å². The molecule has 2 aromatic rings. The van der Waals surface area contributed by atoms with Crippen LogP contribution in [0.25, 0.3) is 0 Å². The van der Waals surface area contributed by atoms with Gasteiger partial charge in [0.1, 0.15) is 24.3 Å². The number of aliphatic hydroxyl groups is 1. The zero-order valence-electron chi connectivity index (χ0n) is 18.0. The fraction of sp³-hybridized carbons (Fsp3) is 0.308. The molecule has 0 amide bonds. The molecule has 32 heavy (non-hydrogen) atoms. The van der Waals surface area contributed by atoms with Crippen LogP contribution in [-0.2, 0) is 6.61 Å². The van der Waals surface area contributed by atoms with E-state index in [1.54, 1.807) is 0 Å². The van der Waals surface area contributed by atoms with Crippen molar-refractivity contribution in [1.82, 2.24) is 0 Å². The largest absolute Gasteiger partial charge is 1.00 e. The van der Waals surface area contributed by atoms with Crippen molar-refractivity contribution in [3.63, 3.8) is 0 Å². The Morgan fingerprint density at radius 3 is 2.59 bits per heavy atom. The minimum atomic E-state index is 0. The van der Waals surface area contributed by atoms with Gasteiger partial charge in [0, 0.05) is 12.5 Å². The number of fused-ring (bicyclic) bond motifs is 1. The van der Waals surface area contributed by atoms with Crippen LogP contribution in [0.15, 0.2) is 88.4 Å². The first-order valence-corrected chi connectivity index (χ1v) is 11.1. The molecular weight excluding hydrogens is 422 g/mol. The van der Waals surface area contributed by atoms with Crippen molar-refractivity contribution in [2.24, 2.45) is 21.8 Å². The highest BCUT2D eigenvalue weighted by Crippen LogP contribution is 2.35. The van der Waals surface area contributed by atoms with E-state index in [4.69, 9.17) is 9.73 Å². The standard InChI is InChI=1S/C26H27N3O2.ClH/c30-17-19-9-11-21(12-10-19)25-24-16-27-13-14-29(24)26(28-25)22-7-4-8-23(15-22)31-18-20-5-2-1-3-6-20;/h1-8,13-16,19,21,30H,9-12,17-18H2;1H. The molecule has 0 saturated heterocycles. The maximum atomic E-state index is 9.48. The first kappa shape index (κ1) is 22.5. The van der Waals surface area contributed by atoms with Crippen LogP contribution < -0.4 is 22.0 Å². The smallest absolute Gasteiger partial charge is 0.243 e. The molecule has 166 valence electrons. The number of halogens is 1. The van der Waals surface area contributed by atoms with E-state index in [9.17, 15) is 5.11 Å². The average Bonchev–Trinajstić information content (AvgIpc) is 3.23. The molecule has 5 rings (SSSR count). The summed E-state index contributed by atoms with van der Waals surface area (Å²) < 4.78 is 6.05. The second-order valence-corrected chi connectivity index (χ2v) is 8.47. The van der Waals surface area contributed by atoms with Crippen LogP contribution in [0, 0.1) is 11.8 Å². The van der Waals surface area contributed by atoms with E-state index in [1.165, 1.54) is 0 Å². The van der Waals surface area contributed by atoms with Crippen molar-refractivity contribution < 1.29 is 27.2 Å². The van der Waals surface area contributed by atoms with Crippen molar-refractivity contribution in [1.29, 1.82) is 0 Å². The molecule has 2 aliphatic heterocycles. The quantitative estimate of drug-likeness (QED) is 0.674. The maximum absolute atomic E-state index is 9.48. The Morgan fingerprint density at radius 2 is 1.81 bits per heavy atom. The molecule has 2 aromatic carbocycles. The second-order valence-electron chi connectivity index (χ2n) is 8.47. The van der Waals surface area contributed by atoms with E-state index in [0.29, 0.717) is 25.0 Å². The number of nitrogens with one attached hydrogen (secondary N) is 1. The fourth-order valence-corrected chi connectivity index (χ4v) is 4.67. The van der Waals surface area contributed by atoms with E-state index < -0.39 is 0 Å². The van der Waals surface area contributed by atoms with E-state index in [-0.39, 0.29) is 12.4 Å². The number of hydrogen-bond acceptors (Lipinski definition) is 4. The van der Waals surface area contributed by atoms with Crippen molar-refractivity contribution >= 4 is 12.1 Å². The fourth-order valence-electron chi connectivity index (χ4n) is 4.67. The number of hydrogen-bond donors (Lipinski definition) is 2. The summed E-state index contributed by atoms with van der Waals surface area (Å²) in [5, 5.41) is 9.48. The number of benzene rings is 2. The van der Waals surface area contributed by atoms with E-state index in [1.807, 2.05) is 42.7 Å². The minimum Gasteiger partial charge on any atom is -1.00 e. The van der Waals surface area contributed by atoms with Crippen molar-refractivity contribution in [2.45, 2.75) is 32.3 Å². The number of aliphatic hydroxyl groups excluding tert-OH is 1. The third-order valence-corrected chi connectivity index (χ3v) is 6.43. The molecule has 5 nitrogen and oxygen atoms in total. The topological polar surface area (TPSA) is 58.6 Å². The predicted octanol–water partition coefficient (Wildman–Crippen LogP) is 0.481. The van der Waals surface area contributed by atoms with Gasteiger partial charge in [0.2, 0.25) is 5.84 Å². The van der Waals surface area contributed by atoms with Gasteiger partial charge in [0.15, 0.2) is 5.70 Å². The monoisotopic (exact) mass is 449 g/mol. The average molecular weight is 450 g/mol. The molecule has 1 atom stereocenters. The highest BCUT2D eigenvalue weighted by atomic mass is 35.5. The molecule has 0 spiro atoms. The Labute approximate surface area is 195 Å². The Bertz CT molecular complexity index is 1050. The number of nitrogens with zero attached hydrogens (tertiary/aromatic N) is 2. The Hall–Kier alpha value is -2.73. The lowest BCUT2D eigenvalue weighted by Crippen LogP contribution is -3.08. The first-order chi connectivity index (χ1) is 15.3. The molecule has 1 saturated carbocycles. The van der Waals surface area contributed by atoms with Gasteiger partial charge in [-0.05, 0) is 55.4 Å². The van der Waals surface area contributed by atoms with Crippen molar-refractivity contribution in [2.75, 3.05) is 6.61 Å². The lowest BCUT2D eigenvalue weighted by atomic mass is 9.80. The summed E-state index contributed by atoms with van der Waals surface area (Å²) >= 11 is 0. The molecule has 3 aliphatic rings. The molecule has 1 fully saturated rings. The van der Waals surface area contributed by atoms with Gasteiger partial charge in [-0.3, -0.25) is 4.99 Å². The normalized spacial score (nSPS) is 24.0. The van der Waals surface area contributed by atoms with E-state index >= 15 is 0 Å². The number of ether oxygens (including phenoxy) is 1. The molecule has 0 radical (unpaired) electrons. The van der Waals surface area contributed by atoms with Crippen molar-refractivity contribution in [3.05, 3.63) is 89.5 Å². The number of amidine groups is 1. The van der Waals surface area contributed by atoms with Crippen LogP contribution in [0.1, 0.15) is 36.8 Å². The molecule has 0 bridgehead atoms. The summed E-state index contributed by atoms with van der Waals surface area (Å²) in [5.41, 5.74) is 4.53. The molecular formula is C26H28ClN3O2. The van der Waals surface area contributed by atoms with Gasteiger partial charge < -0.3 is 22.3 Å². The molecule has 1 unspecified atom stereocenters. The summed E-state index contributed by atoms with van der Waals surface area (Å²) in [6, 6.07) is 18.4. The lowest BCUT2D eigenvalue weighted by Gasteiger charge is -2.26. The molecule has 0 aromatic heterocycles. The predicted molar refractivity (Wildman–Crippen MR) is 122 cm³/mol. The minimum absolute atomic E-state index is 0. The van der Waals surface area contributed by atoms with Gasteiger partial charge in [-0.2, -0.15) is 4.99 Å². The van der Waals surface area contributed by atoms with E-state index in [0.717, 1.165) is 64.7 Å². The summed E-state index contributed by atoms with van der Waals surface area (Å²) in [5.74, 6) is 2.72. The van der Waals surface area contributed by atoms with Crippen LogP contribution >= 0.6 is 0 Å². The van der Waals surface area contributed by atoms with Crippen molar-refractivity contribution in [3.8, 4) is 5.75 Å². The van der Waals surface area contributed by atoms with Gasteiger partial charge in [-0.15, -0.1) is 0 Å². The Morgan fingerprint density at radius 1 is 1.00 bits per heavy atom. The second kappa shape index (κ2) is 10.3. The maximum Gasteiger partial charge on any atom is 0.243 e. The Kier molecular flexibility index (Phi) is 7.20. The van der Waals surface area contributed by atoms with Crippen LogP contribution in [0.4, 0.5) is 0 Å².